The smallest absolute Gasteiger partial charge is 0.309 e. The molecule has 0 aliphatic carbocycles. The molecule has 3 aliphatic heterocycles. The maximum Gasteiger partial charge on any atom is 0.434 e. The molecule has 196 valence electrons. The van der Waals surface area contributed by atoms with Crippen molar-refractivity contribution >= 4 is 29.6 Å². The van der Waals surface area contributed by atoms with Crippen molar-refractivity contribution in [2.24, 2.45) is 5.92 Å². The number of benzene rings is 2. The Hall–Kier alpha value is -3.10. The molecule has 3 aliphatic rings. The fourth-order valence-corrected chi connectivity index (χ4v) is 5.57. The number of likely N-dealkylation sites (tertiary alicyclic amines) is 1. The average molecular weight is 525 g/mol. The molecule has 9 heteroatoms. The number of carbonyl (C=O) groups is 3. The topological polar surface area (TPSA) is 73.4 Å². The van der Waals surface area contributed by atoms with E-state index in [9.17, 15) is 14.4 Å². The summed E-state index contributed by atoms with van der Waals surface area (Å²) in [4.78, 5) is 49.4. The zero-order chi connectivity index (χ0) is 25.9. The highest BCUT2D eigenvalue weighted by atomic mass is 35.5. The Morgan fingerprint density at radius 2 is 1.73 bits per heavy atom. The van der Waals surface area contributed by atoms with E-state index in [4.69, 9.17) is 16.4 Å². The first-order chi connectivity index (χ1) is 17.9. The summed E-state index contributed by atoms with van der Waals surface area (Å²) in [5.41, 5.74) is 3.65. The van der Waals surface area contributed by atoms with Crippen LogP contribution in [-0.2, 0) is 22.6 Å². The molecule has 3 fully saturated rings. The highest BCUT2D eigenvalue weighted by Crippen LogP contribution is 2.26. The first-order valence-electron chi connectivity index (χ1n) is 13.0. The van der Waals surface area contributed by atoms with E-state index in [1.807, 2.05) is 24.3 Å². The number of fused-ring (bicyclic) bond motifs is 1. The van der Waals surface area contributed by atoms with E-state index < -0.39 is 24.1 Å². The molecule has 0 spiro atoms. The molecular weight excluding hydrogens is 492 g/mol. The lowest BCUT2D eigenvalue weighted by atomic mass is 9.91. The third-order valence-electron chi connectivity index (χ3n) is 7.82. The summed E-state index contributed by atoms with van der Waals surface area (Å²) >= 11 is 5.96. The summed E-state index contributed by atoms with van der Waals surface area (Å²) in [5, 5.41) is 1.41. The number of hydrogen-bond donors (Lipinski definition) is 0. The van der Waals surface area contributed by atoms with Gasteiger partial charge in [-0.2, -0.15) is 0 Å². The molecule has 4 amide bonds. The van der Waals surface area contributed by atoms with Crippen molar-refractivity contribution in [3.05, 3.63) is 70.2 Å². The number of hydroxylamine groups is 2. The molecule has 37 heavy (non-hydrogen) atoms. The predicted octanol–water partition coefficient (Wildman–Crippen LogP) is 4.49. The Labute approximate surface area is 222 Å². The van der Waals surface area contributed by atoms with Crippen LogP contribution in [0.15, 0.2) is 48.5 Å². The second-order valence-electron chi connectivity index (χ2n) is 10.2. The number of urea groups is 1. The molecule has 2 aromatic carbocycles. The lowest BCUT2D eigenvalue weighted by molar-refractivity contribution is -0.152. The lowest BCUT2D eigenvalue weighted by Crippen LogP contribution is -2.52. The van der Waals surface area contributed by atoms with Gasteiger partial charge in [0.1, 0.15) is 6.04 Å². The van der Waals surface area contributed by atoms with Crippen LogP contribution in [0.1, 0.15) is 36.0 Å². The summed E-state index contributed by atoms with van der Waals surface area (Å²) in [6.45, 7) is 5.40. The van der Waals surface area contributed by atoms with Gasteiger partial charge in [-0.3, -0.25) is 9.69 Å². The molecule has 1 unspecified atom stereocenters. The molecule has 0 aromatic heterocycles. The van der Waals surface area contributed by atoms with Crippen molar-refractivity contribution in [3.63, 3.8) is 0 Å². The van der Waals surface area contributed by atoms with Crippen molar-refractivity contribution in [1.82, 2.24) is 19.8 Å². The van der Waals surface area contributed by atoms with Crippen LogP contribution in [-0.4, -0.2) is 76.6 Å². The SMILES string of the molecule is Cc1ccccc1CN1CCN2C(=O)N(OC(=O)N3CCC(CCc4ccc(Cl)cc4)CC3)C(=O)C2C1. The Morgan fingerprint density at radius 1 is 1.00 bits per heavy atom. The van der Waals surface area contributed by atoms with E-state index in [1.54, 1.807) is 4.90 Å². The first kappa shape index (κ1) is 25.5. The molecule has 3 heterocycles. The third-order valence-corrected chi connectivity index (χ3v) is 8.07. The third kappa shape index (κ3) is 5.75. The van der Waals surface area contributed by atoms with Crippen LogP contribution in [0.4, 0.5) is 9.59 Å². The van der Waals surface area contributed by atoms with Gasteiger partial charge in [-0.15, -0.1) is 0 Å². The summed E-state index contributed by atoms with van der Waals surface area (Å²) < 4.78 is 0. The summed E-state index contributed by atoms with van der Waals surface area (Å²) in [5.74, 6) is 0.0497. The Bertz CT molecular complexity index is 1150. The highest BCUT2D eigenvalue weighted by molar-refractivity contribution is 6.30. The maximum atomic E-state index is 13.1. The quantitative estimate of drug-likeness (QED) is 0.520. The minimum atomic E-state index is -0.630. The number of piperazine rings is 1. The number of nitrogens with zero attached hydrogens (tertiary/aromatic N) is 4. The maximum absolute atomic E-state index is 13.1. The molecule has 3 saturated heterocycles. The number of piperidine rings is 1. The van der Waals surface area contributed by atoms with Crippen molar-refractivity contribution in [1.29, 1.82) is 0 Å². The van der Waals surface area contributed by atoms with E-state index in [0.29, 0.717) is 50.2 Å². The van der Waals surface area contributed by atoms with Crippen molar-refractivity contribution < 1.29 is 19.2 Å². The molecule has 0 saturated carbocycles. The normalized spacial score (nSPS) is 20.9. The Balaban J connectivity index is 1.10. The van der Waals surface area contributed by atoms with Gasteiger partial charge >= 0.3 is 12.1 Å². The van der Waals surface area contributed by atoms with Crippen LogP contribution in [0, 0.1) is 12.8 Å². The van der Waals surface area contributed by atoms with Crippen molar-refractivity contribution in [2.45, 2.75) is 45.2 Å². The van der Waals surface area contributed by atoms with E-state index in [-0.39, 0.29) is 0 Å². The fourth-order valence-electron chi connectivity index (χ4n) is 5.44. The van der Waals surface area contributed by atoms with Gasteiger partial charge in [0.2, 0.25) is 0 Å². The number of aryl methyl sites for hydroxylation is 2. The highest BCUT2D eigenvalue weighted by Gasteiger charge is 2.50. The fraction of sp³-hybridized carbons (Fsp3) is 0.464. The molecule has 0 bridgehead atoms. The summed E-state index contributed by atoms with van der Waals surface area (Å²) in [6, 6.07) is 14.9. The number of rotatable bonds is 6. The molecule has 0 radical (unpaired) electrons. The molecule has 1 atom stereocenters. The molecule has 5 rings (SSSR count). The second-order valence-corrected chi connectivity index (χ2v) is 10.7. The van der Waals surface area contributed by atoms with Gasteiger partial charge in [0.15, 0.2) is 0 Å². The number of imide groups is 1. The van der Waals surface area contributed by atoms with E-state index in [1.165, 1.54) is 21.6 Å². The number of hydrogen-bond acceptors (Lipinski definition) is 5. The Kier molecular flexibility index (Phi) is 7.67. The number of halogens is 1. The van der Waals surface area contributed by atoms with Crippen LogP contribution in [0.3, 0.4) is 0 Å². The summed E-state index contributed by atoms with van der Waals surface area (Å²) in [6.07, 6.45) is 3.12. The largest absolute Gasteiger partial charge is 0.434 e. The predicted molar refractivity (Wildman–Crippen MR) is 140 cm³/mol. The monoisotopic (exact) mass is 524 g/mol. The minimum Gasteiger partial charge on any atom is -0.309 e. The van der Waals surface area contributed by atoms with Crippen LogP contribution in [0.25, 0.3) is 0 Å². The van der Waals surface area contributed by atoms with Gasteiger partial charge in [0.25, 0.3) is 5.91 Å². The zero-order valence-electron chi connectivity index (χ0n) is 21.1. The van der Waals surface area contributed by atoms with E-state index in [0.717, 1.165) is 30.7 Å². The van der Waals surface area contributed by atoms with Crippen LogP contribution in [0.2, 0.25) is 5.02 Å². The molecule has 8 nitrogen and oxygen atoms in total. The molecule has 0 N–H and O–H groups in total. The first-order valence-corrected chi connectivity index (χ1v) is 13.4. The Morgan fingerprint density at radius 3 is 2.46 bits per heavy atom. The van der Waals surface area contributed by atoms with Gasteiger partial charge in [-0.05, 0) is 67.3 Å². The van der Waals surface area contributed by atoms with Gasteiger partial charge in [-0.1, -0.05) is 53.1 Å². The minimum absolute atomic E-state index is 0.423. The van der Waals surface area contributed by atoms with Crippen LogP contribution >= 0.6 is 11.6 Å². The number of amides is 4. The van der Waals surface area contributed by atoms with Crippen molar-refractivity contribution in [3.8, 4) is 0 Å². The average Bonchev–Trinajstić information content (AvgIpc) is 3.14. The van der Waals surface area contributed by atoms with Gasteiger partial charge in [-0.25, -0.2) is 9.59 Å². The van der Waals surface area contributed by atoms with Gasteiger partial charge in [0, 0.05) is 44.3 Å². The number of carbonyl (C=O) groups excluding carboxylic acids is 3. The molecular formula is C28H33ClN4O4. The molecule has 2 aromatic rings. The lowest BCUT2D eigenvalue weighted by Gasteiger charge is -2.35. The zero-order valence-corrected chi connectivity index (χ0v) is 21.9. The summed E-state index contributed by atoms with van der Waals surface area (Å²) in [7, 11) is 0. The van der Waals surface area contributed by atoms with Crippen molar-refractivity contribution in [2.75, 3.05) is 32.7 Å². The van der Waals surface area contributed by atoms with Gasteiger partial charge in [0.05, 0.1) is 0 Å². The van der Waals surface area contributed by atoms with Crippen LogP contribution < -0.4 is 0 Å². The second kappa shape index (κ2) is 11.1. The van der Waals surface area contributed by atoms with Crippen LogP contribution in [0.5, 0.6) is 0 Å². The van der Waals surface area contributed by atoms with Gasteiger partial charge < -0.3 is 14.6 Å². The van der Waals surface area contributed by atoms with E-state index >= 15 is 0 Å². The standard InChI is InChI=1S/C28H33ClN4O4/c1-20-4-2-3-5-23(20)18-30-16-17-32-25(19-30)26(34)33(27(32)35)37-28(36)31-14-12-22(13-15-31)7-6-21-8-10-24(29)11-9-21/h2-5,8-11,22,25H,6-7,12-19H2,1H3. The van der Waals surface area contributed by atoms with E-state index in [2.05, 4.69) is 36.1 Å².